The van der Waals surface area contributed by atoms with Gasteiger partial charge in [-0.15, -0.1) is 0 Å². The summed E-state index contributed by atoms with van der Waals surface area (Å²) < 4.78 is 4.44. The predicted molar refractivity (Wildman–Crippen MR) is 49.2 cm³/mol. The molecule has 1 aliphatic carbocycles. The van der Waals surface area contributed by atoms with Gasteiger partial charge >= 0.3 is 5.97 Å². The Balaban J connectivity index is 2.55. The van der Waals surface area contributed by atoms with Crippen LogP contribution >= 0.6 is 0 Å². The summed E-state index contributed by atoms with van der Waals surface area (Å²) in [5.41, 5.74) is 0.916. The molecule has 1 unspecified atom stereocenters. The molecule has 0 radical (unpaired) electrons. The first kappa shape index (κ1) is 10.3. The highest BCUT2D eigenvalue weighted by Crippen LogP contribution is 2.16. The van der Waals surface area contributed by atoms with Gasteiger partial charge in [0, 0.05) is 6.42 Å². The molecule has 0 aromatic rings. The Hall–Kier alpha value is -1.76. The highest BCUT2D eigenvalue weighted by molar-refractivity contribution is 5.73. The fraction of sp³-hybridized carbons (Fsp3) is 0.400. The van der Waals surface area contributed by atoms with Crippen molar-refractivity contribution >= 4 is 5.97 Å². The molecule has 0 bridgehead atoms. The van der Waals surface area contributed by atoms with E-state index in [1.54, 1.807) is 0 Å². The van der Waals surface area contributed by atoms with Gasteiger partial charge in [0.2, 0.25) is 6.10 Å². The zero-order valence-electron chi connectivity index (χ0n) is 7.64. The van der Waals surface area contributed by atoms with Crippen molar-refractivity contribution in [1.29, 1.82) is 5.26 Å². The van der Waals surface area contributed by atoms with Crippen molar-refractivity contribution in [3.8, 4) is 6.26 Å². The van der Waals surface area contributed by atoms with Crippen molar-refractivity contribution in [3.05, 3.63) is 23.8 Å². The summed E-state index contributed by atoms with van der Waals surface area (Å²) in [6.07, 6.45) is 8.33. The third kappa shape index (κ3) is 2.94. The molecule has 0 saturated carbocycles. The monoisotopic (exact) mass is 193 g/mol. The molecule has 1 aliphatic rings. The van der Waals surface area contributed by atoms with Crippen LogP contribution in [0.3, 0.4) is 0 Å². The fourth-order valence-corrected chi connectivity index (χ4v) is 1.28. The van der Waals surface area contributed by atoms with E-state index in [9.17, 15) is 4.79 Å². The van der Waals surface area contributed by atoms with E-state index < -0.39 is 12.1 Å². The molecule has 1 rings (SSSR count). The van der Waals surface area contributed by atoms with Gasteiger partial charge < -0.3 is 9.84 Å². The first-order valence-electron chi connectivity index (χ1n) is 4.37. The molecular weight excluding hydrogens is 182 g/mol. The molecule has 0 amide bonds. The van der Waals surface area contributed by atoms with Gasteiger partial charge in [0.1, 0.15) is 0 Å². The van der Waals surface area contributed by atoms with Crippen molar-refractivity contribution in [2.75, 3.05) is 0 Å². The van der Waals surface area contributed by atoms with Crippen LogP contribution in [0.4, 0.5) is 0 Å². The number of ether oxygens (including phenoxy) is 1. The van der Waals surface area contributed by atoms with E-state index in [-0.39, 0.29) is 6.42 Å². The van der Waals surface area contributed by atoms with Crippen LogP contribution < -0.4 is 0 Å². The lowest BCUT2D eigenvalue weighted by molar-refractivity contribution is -0.146. The number of carboxylic acids is 1. The Bertz CT molecular complexity index is 312. The quantitative estimate of drug-likeness (QED) is 0.688. The highest BCUT2D eigenvalue weighted by atomic mass is 16.5. The van der Waals surface area contributed by atoms with Crippen LogP contribution in [0, 0.1) is 11.5 Å². The van der Waals surface area contributed by atoms with Crippen LogP contribution in [0.15, 0.2) is 23.8 Å². The lowest BCUT2D eigenvalue weighted by atomic mass is 10.0. The zero-order chi connectivity index (χ0) is 10.4. The van der Waals surface area contributed by atoms with Gasteiger partial charge in [0.15, 0.2) is 0 Å². The summed E-state index contributed by atoms with van der Waals surface area (Å²) in [5.74, 6) is -1.11. The van der Waals surface area contributed by atoms with Crippen molar-refractivity contribution in [3.63, 3.8) is 0 Å². The summed E-state index contributed by atoms with van der Waals surface area (Å²) in [6, 6.07) is 0. The van der Waals surface area contributed by atoms with Crippen LogP contribution in [-0.4, -0.2) is 17.2 Å². The lowest BCUT2D eigenvalue weighted by Crippen LogP contribution is -2.22. The normalized spacial score (nSPS) is 16.6. The number of hydrogen-bond donors (Lipinski definition) is 1. The fourth-order valence-electron chi connectivity index (χ4n) is 1.28. The largest absolute Gasteiger partial charge is 0.478 e. The molecule has 1 N–H and O–H groups in total. The SMILES string of the molecule is N#COC(CC1=CCCC=C1)C(=O)O. The van der Waals surface area contributed by atoms with Crippen LogP contribution in [0.25, 0.3) is 0 Å². The van der Waals surface area contributed by atoms with Crippen molar-refractivity contribution in [1.82, 2.24) is 0 Å². The maximum Gasteiger partial charge on any atom is 0.346 e. The Morgan fingerprint density at radius 2 is 2.50 bits per heavy atom. The number of hydrogen-bond acceptors (Lipinski definition) is 3. The summed E-state index contributed by atoms with van der Waals surface area (Å²) in [7, 11) is 0. The molecule has 0 heterocycles. The van der Waals surface area contributed by atoms with Crippen molar-refractivity contribution in [2.45, 2.75) is 25.4 Å². The summed E-state index contributed by atoms with van der Waals surface area (Å²) in [4.78, 5) is 10.6. The third-order valence-corrected chi connectivity index (χ3v) is 1.96. The van der Waals surface area contributed by atoms with Gasteiger partial charge in [0.05, 0.1) is 0 Å². The maximum absolute atomic E-state index is 10.6. The molecular formula is C10H11NO3. The minimum Gasteiger partial charge on any atom is -0.478 e. The molecule has 74 valence electrons. The average molecular weight is 193 g/mol. The van der Waals surface area contributed by atoms with E-state index in [0.717, 1.165) is 18.4 Å². The van der Waals surface area contributed by atoms with E-state index in [0.29, 0.717) is 0 Å². The summed E-state index contributed by atoms with van der Waals surface area (Å²) in [5, 5.41) is 16.9. The first-order chi connectivity index (χ1) is 6.74. The maximum atomic E-state index is 10.6. The second-order valence-corrected chi connectivity index (χ2v) is 3.00. The van der Waals surface area contributed by atoms with Gasteiger partial charge in [-0.25, -0.2) is 4.79 Å². The first-order valence-corrected chi connectivity index (χ1v) is 4.37. The summed E-state index contributed by atoms with van der Waals surface area (Å²) in [6.45, 7) is 0. The predicted octanol–water partition coefficient (Wildman–Crippen LogP) is 1.60. The number of carboxylic acid groups (broad SMARTS) is 1. The molecule has 14 heavy (non-hydrogen) atoms. The minimum atomic E-state index is -1.11. The zero-order valence-corrected chi connectivity index (χ0v) is 7.64. The minimum absolute atomic E-state index is 0.249. The smallest absolute Gasteiger partial charge is 0.346 e. The highest BCUT2D eigenvalue weighted by Gasteiger charge is 2.20. The van der Waals surface area contributed by atoms with Gasteiger partial charge in [-0.1, -0.05) is 18.2 Å². The molecule has 0 aromatic heterocycles. The van der Waals surface area contributed by atoms with Crippen LogP contribution in [0.5, 0.6) is 0 Å². The Labute approximate surface area is 82.1 Å². The van der Waals surface area contributed by atoms with Gasteiger partial charge in [-0.05, 0) is 18.4 Å². The molecule has 0 fully saturated rings. The molecule has 0 aliphatic heterocycles. The number of nitriles is 1. The topological polar surface area (TPSA) is 70.3 Å². The van der Waals surface area contributed by atoms with Gasteiger partial charge in [0.25, 0.3) is 6.26 Å². The molecule has 0 saturated heterocycles. The number of carbonyl (C=O) groups is 1. The number of allylic oxidation sites excluding steroid dienone is 3. The van der Waals surface area contributed by atoms with E-state index in [1.807, 2.05) is 18.2 Å². The van der Waals surface area contributed by atoms with E-state index in [1.165, 1.54) is 6.26 Å². The standard InChI is InChI=1S/C10H11NO3/c11-7-14-9(10(12)13)6-8-4-2-1-3-5-8/h2,4-5,9H,1,3,6H2,(H,12,13). The number of nitrogens with zero attached hydrogens (tertiary/aromatic N) is 1. The second kappa shape index (κ2) is 5.07. The van der Waals surface area contributed by atoms with Crippen molar-refractivity contribution in [2.24, 2.45) is 0 Å². The molecule has 1 atom stereocenters. The van der Waals surface area contributed by atoms with Gasteiger partial charge in [-0.2, -0.15) is 5.26 Å². The number of rotatable bonds is 4. The Morgan fingerprint density at radius 1 is 1.71 bits per heavy atom. The molecule has 4 nitrogen and oxygen atoms in total. The van der Waals surface area contributed by atoms with Crippen molar-refractivity contribution < 1.29 is 14.6 Å². The summed E-state index contributed by atoms with van der Waals surface area (Å²) >= 11 is 0. The second-order valence-electron chi connectivity index (χ2n) is 3.00. The van der Waals surface area contributed by atoms with Crippen LogP contribution in [-0.2, 0) is 9.53 Å². The van der Waals surface area contributed by atoms with Crippen LogP contribution in [0.1, 0.15) is 19.3 Å². The molecule has 0 aromatic carbocycles. The lowest BCUT2D eigenvalue weighted by Gasteiger charge is -2.11. The Kier molecular flexibility index (Phi) is 3.74. The van der Waals surface area contributed by atoms with Gasteiger partial charge in [-0.3, -0.25) is 0 Å². The third-order valence-electron chi connectivity index (χ3n) is 1.96. The Morgan fingerprint density at radius 3 is 3.00 bits per heavy atom. The van der Waals surface area contributed by atoms with E-state index in [2.05, 4.69) is 4.74 Å². The van der Waals surface area contributed by atoms with Crippen LogP contribution in [0.2, 0.25) is 0 Å². The van der Waals surface area contributed by atoms with E-state index >= 15 is 0 Å². The van der Waals surface area contributed by atoms with E-state index in [4.69, 9.17) is 10.4 Å². The molecule has 4 heteroatoms. The molecule has 0 spiro atoms. The average Bonchev–Trinajstić information content (AvgIpc) is 2.18. The number of aliphatic carboxylic acids is 1.